The van der Waals surface area contributed by atoms with Gasteiger partial charge in [-0.1, -0.05) is 12.1 Å². The summed E-state index contributed by atoms with van der Waals surface area (Å²) < 4.78 is 15.6. The highest BCUT2D eigenvalue weighted by molar-refractivity contribution is 6.06. The van der Waals surface area contributed by atoms with E-state index in [0.29, 0.717) is 37.7 Å². The van der Waals surface area contributed by atoms with Crippen LogP contribution in [0.1, 0.15) is 0 Å². The van der Waals surface area contributed by atoms with Crippen LogP contribution in [-0.4, -0.2) is 68.7 Å². The Labute approximate surface area is 150 Å². The molecule has 8 nitrogen and oxygen atoms in total. The van der Waals surface area contributed by atoms with Gasteiger partial charge in [0.25, 0.3) is 11.8 Å². The molecule has 2 heterocycles. The molecule has 1 aromatic rings. The van der Waals surface area contributed by atoms with Crippen LogP contribution in [0, 0.1) is 0 Å². The molecule has 1 unspecified atom stereocenters. The topological polar surface area (TPSA) is 85.4 Å². The molecule has 0 aliphatic carbocycles. The van der Waals surface area contributed by atoms with Gasteiger partial charge in [0.1, 0.15) is 5.75 Å². The van der Waals surface area contributed by atoms with E-state index < -0.39 is 18.0 Å². The molecular weight excluding hydrogens is 340 g/mol. The smallest absolute Gasteiger partial charge is 0.330 e. The number of hydrogen-bond acceptors (Lipinski definition) is 6. The maximum absolute atomic E-state index is 12.8. The molecule has 0 radical (unpaired) electrons. The van der Waals surface area contributed by atoms with Crippen molar-refractivity contribution in [2.45, 2.75) is 6.10 Å². The summed E-state index contributed by atoms with van der Waals surface area (Å²) in [4.78, 5) is 39.7. The van der Waals surface area contributed by atoms with Gasteiger partial charge in [-0.05, 0) is 12.1 Å². The van der Waals surface area contributed by atoms with E-state index in [0.717, 1.165) is 12.2 Å². The zero-order chi connectivity index (χ0) is 18.5. The number of fused-ring (bicyclic) bond motifs is 1. The normalized spacial score (nSPS) is 19.7. The first-order valence-electron chi connectivity index (χ1n) is 8.30. The number of amides is 2. The first-order chi connectivity index (χ1) is 12.6. The highest BCUT2D eigenvalue weighted by Gasteiger charge is 2.35. The maximum Gasteiger partial charge on any atom is 0.330 e. The SMILES string of the molecule is COC(=O)/C=C/C(=O)N1CC(C(=O)N2CCOCC2)Oc2ccccc21. The molecule has 1 aromatic carbocycles. The predicted octanol–water partition coefficient (Wildman–Crippen LogP) is 0.369. The standard InChI is InChI=1S/C18H20N2O6/c1-24-17(22)7-6-16(21)20-12-15(18(23)19-8-10-25-11-9-19)26-14-5-3-2-4-13(14)20/h2-7,15H,8-12H2,1H3/b7-6+. The van der Waals surface area contributed by atoms with Crippen molar-refractivity contribution in [1.82, 2.24) is 4.90 Å². The number of esters is 1. The van der Waals surface area contributed by atoms with Gasteiger partial charge in [-0.2, -0.15) is 0 Å². The number of methoxy groups -OCH3 is 1. The van der Waals surface area contributed by atoms with Crippen molar-refractivity contribution in [2.75, 3.05) is 44.9 Å². The van der Waals surface area contributed by atoms with Crippen molar-refractivity contribution in [2.24, 2.45) is 0 Å². The minimum absolute atomic E-state index is 0.0670. The number of rotatable bonds is 3. The minimum atomic E-state index is -0.807. The van der Waals surface area contributed by atoms with E-state index in [1.807, 2.05) is 0 Å². The van der Waals surface area contributed by atoms with Gasteiger partial charge in [0.15, 0.2) is 6.10 Å². The van der Waals surface area contributed by atoms with E-state index in [1.54, 1.807) is 29.2 Å². The van der Waals surface area contributed by atoms with Crippen LogP contribution in [0.4, 0.5) is 5.69 Å². The van der Waals surface area contributed by atoms with Crippen molar-refractivity contribution in [1.29, 1.82) is 0 Å². The number of carbonyl (C=O) groups excluding carboxylic acids is 3. The van der Waals surface area contributed by atoms with E-state index in [4.69, 9.17) is 9.47 Å². The summed E-state index contributed by atoms with van der Waals surface area (Å²) in [5.41, 5.74) is 0.554. The Morgan fingerprint density at radius 2 is 1.88 bits per heavy atom. The van der Waals surface area contributed by atoms with Crippen LogP contribution in [0.5, 0.6) is 5.75 Å². The molecule has 3 rings (SSSR count). The quantitative estimate of drug-likeness (QED) is 0.572. The van der Waals surface area contributed by atoms with Crippen LogP contribution in [0.3, 0.4) is 0 Å². The van der Waals surface area contributed by atoms with Crippen molar-refractivity contribution < 1.29 is 28.6 Å². The van der Waals surface area contributed by atoms with Gasteiger partial charge >= 0.3 is 5.97 Å². The van der Waals surface area contributed by atoms with E-state index in [-0.39, 0.29) is 12.5 Å². The van der Waals surface area contributed by atoms with Crippen molar-refractivity contribution in [3.05, 3.63) is 36.4 Å². The Morgan fingerprint density at radius 3 is 2.62 bits per heavy atom. The van der Waals surface area contributed by atoms with Gasteiger partial charge in [0.2, 0.25) is 0 Å². The summed E-state index contributed by atoms with van der Waals surface area (Å²) in [5, 5.41) is 0. The first-order valence-corrected chi connectivity index (χ1v) is 8.30. The third-order valence-electron chi connectivity index (χ3n) is 4.20. The zero-order valence-electron chi connectivity index (χ0n) is 14.4. The molecule has 138 valence electrons. The summed E-state index contributed by atoms with van der Waals surface area (Å²) in [5.74, 6) is -0.783. The van der Waals surface area contributed by atoms with Crippen LogP contribution in [0.2, 0.25) is 0 Å². The van der Waals surface area contributed by atoms with Gasteiger partial charge in [0.05, 0.1) is 32.6 Å². The summed E-state index contributed by atoms with van der Waals surface area (Å²) in [7, 11) is 1.23. The first kappa shape index (κ1) is 17.9. The average molecular weight is 360 g/mol. The number of benzene rings is 1. The maximum atomic E-state index is 12.8. The second-order valence-electron chi connectivity index (χ2n) is 5.82. The number of ether oxygens (including phenoxy) is 3. The third kappa shape index (κ3) is 3.85. The van der Waals surface area contributed by atoms with Gasteiger partial charge in [0, 0.05) is 25.2 Å². The number of carbonyl (C=O) groups is 3. The molecule has 1 saturated heterocycles. The molecule has 0 spiro atoms. The molecule has 2 amide bonds. The zero-order valence-corrected chi connectivity index (χ0v) is 14.4. The number of anilines is 1. The molecular formula is C18H20N2O6. The van der Waals surface area contributed by atoms with E-state index in [2.05, 4.69) is 4.74 Å². The van der Waals surface area contributed by atoms with Crippen LogP contribution < -0.4 is 9.64 Å². The Hall–Kier alpha value is -2.87. The Balaban J connectivity index is 1.81. The third-order valence-corrected chi connectivity index (χ3v) is 4.20. The Bertz CT molecular complexity index is 726. The van der Waals surface area contributed by atoms with Crippen molar-refractivity contribution in [3.63, 3.8) is 0 Å². The Kier molecular flexibility index (Phi) is 5.52. The molecule has 2 aliphatic heterocycles. The van der Waals surface area contributed by atoms with Gasteiger partial charge in [-0.25, -0.2) is 4.79 Å². The van der Waals surface area contributed by atoms with Crippen molar-refractivity contribution in [3.8, 4) is 5.75 Å². The predicted molar refractivity (Wildman–Crippen MR) is 91.8 cm³/mol. The molecule has 8 heteroatoms. The molecule has 0 aromatic heterocycles. The van der Waals surface area contributed by atoms with E-state index >= 15 is 0 Å². The van der Waals surface area contributed by atoms with Crippen LogP contribution >= 0.6 is 0 Å². The van der Waals surface area contributed by atoms with Crippen molar-refractivity contribution >= 4 is 23.5 Å². The van der Waals surface area contributed by atoms with Gasteiger partial charge in [-0.15, -0.1) is 0 Å². The lowest BCUT2D eigenvalue weighted by Gasteiger charge is -2.36. The number of para-hydroxylation sites is 2. The molecule has 26 heavy (non-hydrogen) atoms. The fourth-order valence-corrected chi connectivity index (χ4v) is 2.86. The van der Waals surface area contributed by atoms with Crippen LogP contribution in [0.25, 0.3) is 0 Å². The second kappa shape index (κ2) is 8.01. The molecule has 0 saturated carbocycles. The number of hydrogen-bond donors (Lipinski definition) is 0. The van der Waals surface area contributed by atoms with Gasteiger partial charge in [-0.3, -0.25) is 9.59 Å². The molecule has 2 aliphatic rings. The molecule has 1 fully saturated rings. The van der Waals surface area contributed by atoms with Crippen LogP contribution in [-0.2, 0) is 23.9 Å². The summed E-state index contributed by atoms with van der Waals surface area (Å²) >= 11 is 0. The number of nitrogens with zero attached hydrogens (tertiary/aromatic N) is 2. The summed E-state index contributed by atoms with van der Waals surface area (Å²) in [6, 6.07) is 6.98. The second-order valence-corrected chi connectivity index (χ2v) is 5.82. The fourth-order valence-electron chi connectivity index (χ4n) is 2.86. The lowest BCUT2D eigenvalue weighted by atomic mass is 10.1. The fraction of sp³-hybridized carbons (Fsp3) is 0.389. The molecule has 0 N–H and O–H groups in total. The highest BCUT2D eigenvalue weighted by Crippen LogP contribution is 2.33. The largest absolute Gasteiger partial charge is 0.476 e. The lowest BCUT2D eigenvalue weighted by molar-refractivity contribution is -0.142. The van der Waals surface area contributed by atoms with Crippen LogP contribution in [0.15, 0.2) is 36.4 Å². The monoisotopic (exact) mass is 360 g/mol. The summed E-state index contributed by atoms with van der Waals surface area (Å²) in [6.45, 7) is 2.03. The molecule has 0 bridgehead atoms. The summed E-state index contributed by atoms with van der Waals surface area (Å²) in [6.07, 6.45) is 1.38. The average Bonchev–Trinajstić information content (AvgIpc) is 2.70. The Morgan fingerprint density at radius 1 is 1.15 bits per heavy atom. The number of morpholine rings is 1. The lowest BCUT2D eigenvalue weighted by Crippen LogP contribution is -2.53. The highest BCUT2D eigenvalue weighted by atomic mass is 16.5. The molecule has 1 atom stereocenters. The van der Waals surface area contributed by atoms with E-state index in [1.165, 1.54) is 12.0 Å². The van der Waals surface area contributed by atoms with E-state index in [9.17, 15) is 14.4 Å². The minimum Gasteiger partial charge on any atom is -0.476 e. The van der Waals surface area contributed by atoms with Gasteiger partial charge < -0.3 is 24.0 Å².